The minimum atomic E-state index is 0.558. The van der Waals surface area contributed by atoms with E-state index in [2.05, 4.69) is 15.2 Å². The number of thiazole rings is 1. The van der Waals surface area contributed by atoms with Gasteiger partial charge in [0, 0.05) is 24.2 Å². The molecule has 1 aromatic heterocycles. The van der Waals surface area contributed by atoms with Gasteiger partial charge in [-0.3, -0.25) is 4.79 Å². The molecule has 0 saturated carbocycles. The molecule has 1 aliphatic rings. The summed E-state index contributed by atoms with van der Waals surface area (Å²) in [6, 6.07) is 0. The summed E-state index contributed by atoms with van der Waals surface area (Å²) in [5, 5.41) is 3.71. The van der Waals surface area contributed by atoms with E-state index >= 15 is 0 Å². The molecule has 0 aliphatic carbocycles. The molecule has 2 heterocycles. The Hall–Kier alpha value is -0.780. The highest BCUT2D eigenvalue weighted by Crippen LogP contribution is 2.07. The van der Waals surface area contributed by atoms with Gasteiger partial charge in [-0.05, 0) is 39.9 Å². The average molecular weight is 255 g/mol. The second-order valence-corrected chi connectivity index (χ2v) is 5.35. The fourth-order valence-electron chi connectivity index (χ4n) is 1.70. The van der Waals surface area contributed by atoms with Gasteiger partial charge >= 0.3 is 0 Å². The number of nitrogens with zero attached hydrogens (tertiary/aromatic N) is 2. The molecule has 0 amide bonds. The average Bonchev–Trinajstić information content (AvgIpc) is 2.98. The molecule has 0 spiro atoms. The highest BCUT2D eigenvalue weighted by atomic mass is 32.1. The van der Waals surface area contributed by atoms with Crippen LogP contribution in [0, 0.1) is 6.92 Å². The number of carbonyl (C=O) groups is 1. The van der Waals surface area contributed by atoms with Crippen LogP contribution < -0.4 is 5.32 Å². The lowest BCUT2D eigenvalue weighted by atomic mass is 10.4. The van der Waals surface area contributed by atoms with Crippen molar-refractivity contribution in [3.05, 3.63) is 16.1 Å². The van der Waals surface area contributed by atoms with E-state index in [9.17, 15) is 4.79 Å². The Balaban J connectivity index is 0.000000171. The van der Waals surface area contributed by atoms with Crippen LogP contribution in [0.2, 0.25) is 0 Å². The van der Waals surface area contributed by atoms with Gasteiger partial charge in [0.05, 0.1) is 0 Å². The second kappa shape index (κ2) is 8.33. The van der Waals surface area contributed by atoms with Crippen LogP contribution in [0.3, 0.4) is 0 Å². The number of hydrogen-bond donors (Lipinski definition) is 1. The molecule has 17 heavy (non-hydrogen) atoms. The molecule has 1 saturated heterocycles. The number of hydrogen-bond acceptors (Lipinski definition) is 5. The van der Waals surface area contributed by atoms with Crippen LogP contribution in [0.1, 0.15) is 27.5 Å². The van der Waals surface area contributed by atoms with E-state index in [1.54, 1.807) is 6.20 Å². The highest BCUT2D eigenvalue weighted by molar-refractivity contribution is 7.13. The van der Waals surface area contributed by atoms with Crippen LogP contribution in [0.5, 0.6) is 0 Å². The number of nitrogens with one attached hydrogen (secondary N) is 1. The van der Waals surface area contributed by atoms with Gasteiger partial charge in [-0.2, -0.15) is 0 Å². The molecule has 0 bridgehead atoms. The molecule has 2 rings (SSSR count). The van der Waals surface area contributed by atoms with Crippen molar-refractivity contribution in [1.29, 1.82) is 0 Å². The summed E-state index contributed by atoms with van der Waals surface area (Å²) in [6.45, 7) is 6.94. The van der Waals surface area contributed by atoms with Crippen molar-refractivity contribution in [2.75, 3.05) is 33.2 Å². The van der Waals surface area contributed by atoms with Crippen LogP contribution in [0.15, 0.2) is 6.20 Å². The number of likely N-dealkylation sites (N-methyl/N-ethyl adjacent to an activating group) is 1. The lowest BCUT2D eigenvalue weighted by Gasteiger charge is -2.12. The molecule has 0 aromatic carbocycles. The summed E-state index contributed by atoms with van der Waals surface area (Å²) >= 11 is 1.41. The molecule has 0 atom stereocenters. The zero-order chi connectivity index (χ0) is 12.5. The van der Waals surface area contributed by atoms with Gasteiger partial charge in [0.25, 0.3) is 0 Å². The third-order valence-electron chi connectivity index (χ3n) is 2.62. The second-order valence-electron chi connectivity index (χ2n) is 4.08. The van der Waals surface area contributed by atoms with Crippen molar-refractivity contribution in [3.8, 4) is 0 Å². The van der Waals surface area contributed by atoms with Crippen molar-refractivity contribution in [1.82, 2.24) is 15.2 Å². The van der Waals surface area contributed by atoms with Crippen molar-refractivity contribution in [3.63, 3.8) is 0 Å². The van der Waals surface area contributed by atoms with Crippen LogP contribution in [0.4, 0.5) is 0 Å². The monoisotopic (exact) mass is 255 g/mol. The number of aryl methyl sites for hydroxylation is 1. The fraction of sp³-hybridized carbons (Fsp3) is 0.667. The van der Waals surface area contributed by atoms with Gasteiger partial charge < -0.3 is 10.2 Å². The first-order chi connectivity index (χ1) is 8.26. The minimum absolute atomic E-state index is 0.558. The van der Waals surface area contributed by atoms with Gasteiger partial charge in [-0.1, -0.05) is 0 Å². The maximum Gasteiger partial charge on any atom is 0.178 e. The fourth-order valence-corrected chi connectivity index (χ4v) is 2.29. The molecule has 0 unspecified atom stereocenters. The van der Waals surface area contributed by atoms with Crippen molar-refractivity contribution in [2.24, 2.45) is 0 Å². The summed E-state index contributed by atoms with van der Waals surface area (Å²) < 4.78 is 0. The normalized spacial score (nSPS) is 15.4. The Labute approximate surface area is 107 Å². The maximum atomic E-state index is 9.97. The van der Waals surface area contributed by atoms with Gasteiger partial charge in [-0.15, -0.1) is 11.3 Å². The first-order valence-corrected chi connectivity index (χ1v) is 6.82. The first-order valence-electron chi connectivity index (χ1n) is 6.01. The third-order valence-corrected chi connectivity index (χ3v) is 3.45. The molecule has 1 N–H and O–H groups in total. The van der Waals surface area contributed by atoms with E-state index in [0.717, 1.165) is 17.7 Å². The Morgan fingerprint density at radius 1 is 1.53 bits per heavy atom. The Bertz CT molecular complexity index is 321. The molecule has 4 nitrogen and oxygen atoms in total. The largest absolute Gasteiger partial charge is 0.318 e. The molecule has 1 aliphatic heterocycles. The molecule has 5 heteroatoms. The van der Waals surface area contributed by atoms with E-state index < -0.39 is 0 Å². The summed E-state index contributed by atoms with van der Waals surface area (Å²) in [4.78, 5) is 17.3. The summed E-state index contributed by atoms with van der Waals surface area (Å²) in [7, 11) is 2.01. The standard InChI is InChI=1S/C7H16N2.C5H5NOS/c1-8-4-7-9-5-2-3-6-9;1-4-2-6-5(3-7)8-4/h8H,2-7H2,1H3;2-3H,1H3. The maximum absolute atomic E-state index is 9.97. The first kappa shape index (κ1) is 14.3. The highest BCUT2D eigenvalue weighted by Gasteiger charge is 2.09. The number of likely N-dealkylation sites (tertiary alicyclic amines) is 1. The van der Waals surface area contributed by atoms with Crippen LogP contribution in [-0.2, 0) is 0 Å². The van der Waals surface area contributed by atoms with Crippen molar-refractivity contribution in [2.45, 2.75) is 19.8 Å². The molecule has 0 radical (unpaired) electrons. The van der Waals surface area contributed by atoms with Crippen molar-refractivity contribution >= 4 is 17.6 Å². The smallest absolute Gasteiger partial charge is 0.178 e. The van der Waals surface area contributed by atoms with Crippen LogP contribution in [-0.4, -0.2) is 49.4 Å². The van der Waals surface area contributed by atoms with Gasteiger partial charge in [0.15, 0.2) is 11.3 Å². The summed E-state index contributed by atoms with van der Waals surface area (Å²) in [5.74, 6) is 0. The number of rotatable bonds is 4. The Kier molecular flexibility index (Phi) is 7.00. The predicted molar refractivity (Wildman–Crippen MR) is 71.8 cm³/mol. The molecule has 96 valence electrons. The van der Waals surface area contributed by atoms with Gasteiger partial charge in [-0.25, -0.2) is 4.98 Å². The van der Waals surface area contributed by atoms with Crippen molar-refractivity contribution < 1.29 is 4.79 Å². The zero-order valence-electron chi connectivity index (χ0n) is 10.6. The van der Waals surface area contributed by atoms with E-state index in [0.29, 0.717) is 5.01 Å². The van der Waals surface area contributed by atoms with E-state index in [4.69, 9.17) is 0 Å². The quantitative estimate of drug-likeness (QED) is 0.830. The Morgan fingerprint density at radius 3 is 2.65 bits per heavy atom. The zero-order valence-corrected chi connectivity index (χ0v) is 11.4. The SMILES string of the molecule is CNCCN1CCCC1.Cc1cnc(C=O)s1. The lowest BCUT2D eigenvalue weighted by Crippen LogP contribution is -2.27. The molecular formula is C12H21N3OS. The van der Waals surface area contributed by atoms with E-state index in [1.165, 1.54) is 43.8 Å². The van der Waals surface area contributed by atoms with Crippen LogP contribution in [0.25, 0.3) is 0 Å². The molecule has 1 aromatic rings. The molecular weight excluding hydrogens is 234 g/mol. The number of aldehydes is 1. The number of carbonyl (C=O) groups excluding carboxylic acids is 1. The van der Waals surface area contributed by atoms with E-state index in [1.807, 2.05) is 14.0 Å². The third kappa shape index (κ3) is 5.91. The van der Waals surface area contributed by atoms with E-state index in [-0.39, 0.29) is 0 Å². The lowest BCUT2D eigenvalue weighted by molar-refractivity contribution is 0.112. The van der Waals surface area contributed by atoms with Gasteiger partial charge in [0.2, 0.25) is 0 Å². The predicted octanol–water partition coefficient (Wildman–Crippen LogP) is 1.57. The van der Waals surface area contributed by atoms with Gasteiger partial charge in [0.1, 0.15) is 0 Å². The molecule has 1 fully saturated rings. The summed E-state index contributed by atoms with van der Waals surface area (Å²) in [6.07, 6.45) is 5.26. The minimum Gasteiger partial charge on any atom is -0.318 e. The Morgan fingerprint density at radius 2 is 2.24 bits per heavy atom. The number of aromatic nitrogens is 1. The topological polar surface area (TPSA) is 45.2 Å². The van der Waals surface area contributed by atoms with Crippen LogP contribution >= 0.6 is 11.3 Å². The summed E-state index contributed by atoms with van der Waals surface area (Å²) in [5.41, 5.74) is 0.